The van der Waals surface area contributed by atoms with E-state index in [2.05, 4.69) is 4.98 Å². The molecule has 0 fully saturated rings. The number of rotatable bonds is 4. The van der Waals surface area contributed by atoms with Crippen molar-refractivity contribution in [3.8, 4) is 0 Å². The van der Waals surface area contributed by atoms with Crippen LogP contribution in [0.4, 0.5) is 10.1 Å². The lowest BCUT2D eigenvalue weighted by molar-refractivity contribution is 0.615. The average molecular weight is 259 g/mol. The van der Waals surface area contributed by atoms with Crippen molar-refractivity contribution in [2.45, 2.75) is 19.5 Å². The Morgan fingerprint density at radius 3 is 2.68 bits per heavy atom. The van der Waals surface area contributed by atoms with Gasteiger partial charge in [0, 0.05) is 19.3 Å². The first-order valence-electron chi connectivity index (χ1n) is 6.24. The SMILES string of the molecule is C[C@@H](N)c1cccc(F)c1N(C)Cc1ccccn1. The van der Waals surface area contributed by atoms with Crippen molar-refractivity contribution in [3.63, 3.8) is 0 Å². The first-order chi connectivity index (χ1) is 9.09. The minimum absolute atomic E-state index is 0.211. The van der Waals surface area contributed by atoms with Crippen LogP contribution in [-0.4, -0.2) is 12.0 Å². The van der Waals surface area contributed by atoms with E-state index in [4.69, 9.17) is 5.73 Å². The molecule has 2 rings (SSSR count). The van der Waals surface area contributed by atoms with E-state index in [1.54, 1.807) is 12.3 Å². The number of hydrogen-bond donors (Lipinski definition) is 1. The second-order valence-electron chi connectivity index (χ2n) is 4.64. The quantitative estimate of drug-likeness (QED) is 0.918. The molecule has 2 aromatic rings. The van der Waals surface area contributed by atoms with Crippen molar-refractivity contribution >= 4 is 5.69 Å². The van der Waals surface area contributed by atoms with E-state index in [9.17, 15) is 4.39 Å². The summed E-state index contributed by atoms with van der Waals surface area (Å²) in [7, 11) is 1.85. The van der Waals surface area contributed by atoms with Crippen LogP contribution in [0.5, 0.6) is 0 Å². The molecule has 100 valence electrons. The Morgan fingerprint density at radius 1 is 1.26 bits per heavy atom. The summed E-state index contributed by atoms with van der Waals surface area (Å²) in [4.78, 5) is 6.10. The van der Waals surface area contributed by atoms with Gasteiger partial charge in [-0.3, -0.25) is 4.98 Å². The lowest BCUT2D eigenvalue weighted by Crippen LogP contribution is -2.22. The zero-order valence-corrected chi connectivity index (χ0v) is 11.2. The highest BCUT2D eigenvalue weighted by molar-refractivity contribution is 5.55. The molecule has 0 amide bonds. The number of benzene rings is 1. The van der Waals surface area contributed by atoms with E-state index in [0.29, 0.717) is 12.2 Å². The topological polar surface area (TPSA) is 42.1 Å². The molecule has 0 aliphatic heterocycles. The van der Waals surface area contributed by atoms with Crippen LogP contribution in [0.1, 0.15) is 24.2 Å². The van der Waals surface area contributed by atoms with Gasteiger partial charge >= 0.3 is 0 Å². The first-order valence-corrected chi connectivity index (χ1v) is 6.24. The van der Waals surface area contributed by atoms with Crippen LogP contribution in [0.25, 0.3) is 0 Å². The molecule has 0 saturated carbocycles. The Bertz CT molecular complexity index is 540. The lowest BCUT2D eigenvalue weighted by atomic mass is 10.1. The molecule has 2 N–H and O–H groups in total. The third-order valence-electron chi connectivity index (χ3n) is 3.02. The number of nitrogens with two attached hydrogens (primary N) is 1. The molecule has 0 radical (unpaired) electrons. The number of pyridine rings is 1. The number of halogens is 1. The number of aromatic nitrogens is 1. The zero-order chi connectivity index (χ0) is 13.8. The summed E-state index contributed by atoms with van der Waals surface area (Å²) < 4.78 is 14.0. The van der Waals surface area contributed by atoms with Gasteiger partial charge in [-0.2, -0.15) is 0 Å². The van der Waals surface area contributed by atoms with Crippen molar-refractivity contribution in [2.75, 3.05) is 11.9 Å². The largest absolute Gasteiger partial charge is 0.366 e. The summed E-state index contributed by atoms with van der Waals surface area (Å²) in [6.07, 6.45) is 1.73. The molecular formula is C15H18FN3. The molecule has 19 heavy (non-hydrogen) atoms. The summed E-state index contributed by atoms with van der Waals surface area (Å²) >= 11 is 0. The van der Waals surface area contributed by atoms with Crippen LogP contribution in [0.3, 0.4) is 0 Å². The van der Waals surface area contributed by atoms with Crippen molar-refractivity contribution in [1.29, 1.82) is 0 Å². The Hall–Kier alpha value is -1.94. The number of anilines is 1. The van der Waals surface area contributed by atoms with E-state index in [1.165, 1.54) is 6.07 Å². The zero-order valence-electron chi connectivity index (χ0n) is 11.2. The fourth-order valence-electron chi connectivity index (χ4n) is 2.12. The van der Waals surface area contributed by atoms with E-state index in [0.717, 1.165) is 11.3 Å². The molecule has 1 aromatic carbocycles. The highest BCUT2D eigenvalue weighted by Crippen LogP contribution is 2.28. The molecule has 0 spiro atoms. The minimum atomic E-state index is -0.256. The van der Waals surface area contributed by atoms with Gasteiger partial charge in [0.2, 0.25) is 0 Å². The van der Waals surface area contributed by atoms with E-state index >= 15 is 0 Å². The van der Waals surface area contributed by atoms with Crippen LogP contribution in [0.15, 0.2) is 42.6 Å². The van der Waals surface area contributed by atoms with Crippen LogP contribution < -0.4 is 10.6 Å². The molecule has 0 bridgehead atoms. The molecule has 0 aliphatic rings. The summed E-state index contributed by atoms with van der Waals surface area (Å²) in [5.41, 5.74) is 8.15. The third kappa shape index (κ3) is 3.09. The van der Waals surface area contributed by atoms with Crippen LogP contribution in [-0.2, 0) is 6.54 Å². The van der Waals surface area contributed by atoms with Gasteiger partial charge in [-0.25, -0.2) is 4.39 Å². The van der Waals surface area contributed by atoms with Crippen molar-refractivity contribution in [3.05, 3.63) is 59.7 Å². The maximum Gasteiger partial charge on any atom is 0.146 e. The maximum atomic E-state index is 14.0. The number of nitrogens with zero attached hydrogens (tertiary/aromatic N) is 2. The third-order valence-corrected chi connectivity index (χ3v) is 3.02. The minimum Gasteiger partial charge on any atom is -0.366 e. The fourth-order valence-corrected chi connectivity index (χ4v) is 2.12. The van der Waals surface area contributed by atoms with Gasteiger partial charge in [-0.1, -0.05) is 18.2 Å². The fraction of sp³-hybridized carbons (Fsp3) is 0.267. The average Bonchev–Trinajstić information content (AvgIpc) is 2.39. The van der Waals surface area contributed by atoms with E-state index in [1.807, 2.05) is 43.1 Å². The monoisotopic (exact) mass is 259 g/mol. The Labute approximate surface area is 112 Å². The van der Waals surface area contributed by atoms with Crippen molar-refractivity contribution in [1.82, 2.24) is 4.98 Å². The maximum absolute atomic E-state index is 14.0. The van der Waals surface area contributed by atoms with Gasteiger partial charge in [0.15, 0.2) is 0 Å². The molecule has 3 nitrogen and oxygen atoms in total. The van der Waals surface area contributed by atoms with Crippen molar-refractivity contribution < 1.29 is 4.39 Å². The molecular weight excluding hydrogens is 241 g/mol. The second-order valence-corrected chi connectivity index (χ2v) is 4.64. The predicted molar refractivity (Wildman–Crippen MR) is 75.3 cm³/mol. The van der Waals surface area contributed by atoms with Gasteiger partial charge in [0.25, 0.3) is 0 Å². The smallest absolute Gasteiger partial charge is 0.146 e. The van der Waals surface area contributed by atoms with Crippen LogP contribution in [0.2, 0.25) is 0 Å². The lowest BCUT2D eigenvalue weighted by Gasteiger charge is -2.24. The van der Waals surface area contributed by atoms with Crippen LogP contribution >= 0.6 is 0 Å². The highest BCUT2D eigenvalue weighted by Gasteiger charge is 2.15. The first kappa shape index (κ1) is 13.5. The van der Waals surface area contributed by atoms with E-state index in [-0.39, 0.29) is 11.9 Å². The van der Waals surface area contributed by atoms with Gasteiger partial charge in [-0.15, -0.1) is 0 Å². The second kappa shape index (κ2) is 5.80. The van der Waals surface area contributed by atoms with Gasteiger partial charge in [-0.05, 0) is 30.7 Å². The predicted octanol–water partition coefficient (Wildman–Crippen LogP) is 2.88. The van der Waals surface area contributed by atoms with Crippen LogP contribution in [0, 0.1) is 5.82 Å². The van der Waals surface area contributed by atoms with Crippen molar-refractivity contribution in [2.24, 2.45) is 5.73 Å². The summed E-state index contributed by atoms with van der Waals surface area (Å²) in [6, 6.07) is 10.5. The molecule has 1 atom stereocenters. The summed E-state index contributed by atoms with van der Waals surface area (Å²) in [5.74, 6) is -0.256. The van der Waals surface area contributed by atoms with Gasteiger partial charge in [0.05, 0.1) is 17.9 Å². The molecule has 0 unspecified atom stereocenters. The molecule has 1 aromatic heterocycles. The Morgan fingerprint density at radius 2 is 2.05 bits per heavy atom. The Kier molecular flexibility index (Phi) is 4.12. The molecule has 0 saturated heterocycles. The van der Waals surface area contributed by atoms with Gasteiger partial charge < -0.3 is 10.6 Å². The Balaban J connectivity index is 2.31. The number of hydrogen-bond acceptors (Lipinski definition) is 3. The summed E-state index contributed by atoms with van der Waals surface area (Å²) in [5, 5.41) is 0. The normalized spacial score (nSPS) is 12.2. The molecule has 1 heterocycles. The van der Waals surface area contributed by atoms with E-state index < -0.39 is 0 Å². The highest BCUT2D eigenvalue weighted by atomic mass is 19.1. The number of para-hydroxylation sites is 1. The molecule has 0 aliphatic carbocycles. The standard InChI is InChI=1S/C15H18FN3/c1-11(17)13-7-5-8-14(16)15(13)19(2)10-12-6-3-4-9-18-12/h3-9,11H,10,17H2,1-2H3/t11-/m1/s1. The molecule has 4 heteroatoms. The van der Waals surface area contributed by atoms with Gasteiger partial charge in [0.1, 0.15) is 5.82 Å². The summed E-state index contributed by atoms with van der Waals surface area (Å²) in [6.45, 7) is 2.40.